The molecule has 5 nitrogen and oxygen atoms in total. The first-order chi connectivity index (χ1) is 10.7. The van der Waals surface area contributed by atoms with Gasteiger partial charge < -0.3 is 19.7 Å². The van der Waals surface area contributed by atoms with Crippen molar-refractivity contribution in [2.45, 2.75) is 18.3 Å². The molecule has 0 aromatic heterocycles. The number of nitrogens with zero attached hydrogens (tertiary/aromatic N) is 2. The molecule has 1 N–H and O–H groups in total. The van der Waals surface area contributed by atoms with Crippen LogP contribution in [0.4, 0.5) is 0 Å². The van der Waals surface area contributed by atoms with Gasteiger partial charge in [0.05, 0.1) is 13.7 Å². The molecular weight excluding hydrogens is 405 g/mol. The molecule has 128 valence electrons. The van der Waals surface area contributed by atoms with Crippen LogP contribution in [0.2, 0.25) is 0 Å². The first-order valence-electron chi connectivity index (χ1n) is 7.95. The summed E-state index contributed by atoms with van der Waals surface area (Å²) in [6.07, 6.45) is 2.06. The molecule has 2 aliphatic heterocycles. The second-order valence-corrected chi connectivity index (χ2v) is 6.10. The lowest BCUT2D eigenvalue weighted by Gasteiger charge is -2.38. The maximum Gasteiger partial charge on any atom is 0.193 e. The monoisotopic (exact) mass is 431 g/mol. The zero-order valence-electron chi connectivity index (χ0n) is 13.9. The highest BCUT2D eigenvalue weighted by atomic mass is 127. The summed E-state index contributed by atoms with van der Waals surface area (Å²) in [7, 11) is 3.79. The van der Waals surface area contributed by atoms with Gasteiger partial charge >= 0.3 is 0 Å². The van der Waals surface area contributed by atoms with E-state index in [-0.39, 0.29) is 29.4 Å². The third-order valence-electron chi connectivity index (χ3n) is 4.80. The Labute approximate surface area is 155 Å². The quantitative estimate of drug-likeness (QED) is 0.744. The Morgan fingerprint density at radius 3 is 2.52 bits per heavy atom. The fourth-order valence-corrected chi connectivity index (χ4v) is 3.25. The van der Waals surface area contributed by atoms with Crippen molar-refractivity contribution in [1.29, 1.82) is 0 Å². The molecule has 1 saturated heterocycles. The summed E-state index contributed by atoms with van der Waals surface area (Å²) in [6.45, 7) is 4.41. The van der Waals surface area contributed by atoms with Crippen molar-refractivity contribution >= 4 is 29.9 Å². The van der Waals surface area contributed by atoms with Gasteiger partial charge in [-0.3, -0.25) is 4.99 Å². The molecule has 2 aliphatic rings. The van der Waals surface area contributed by atoms with Gasteiger partial charge in [-0.2, -0.15) is 0 Å². The van der Waals surface area contributed by atoms with Crippen LogP contribution in [-0.4, -0.2) is 57.9 Å². The number of halogens is 1. The van der Waals surface area contributed by atoms with Crippen LogP contribution in [0.1, 0.15) is 18.4 Å². The lowest BCUT2D eigenvalue weighted by atomic mass is 9.74. The third-order valence-corrected chi connectivity index (χ3v) is 4.80. The summed E-state index contributed by atoms with van der Waals surface area (Å²) in [5.74, 6) is 1.91. The Balaban J connectivity index is 0.00000192. The fraction of sp³-hybridized carbons (Fsp3) is 0.588. The van der Waals surface area contributed by atoms with Crippen LogP contribution in [0.5, 0.6) is 5.75 Å². The minimum Gasteiger partial charge on any atom is -0.497 e. The number of hydrogen-bond acceptors (Lipinski definition) is 5. The molecule has 0 amide bonds. The van der Waals surface area contributed by atoms with Crippen LogP contribution < -0.4 is 10.1 Å². The van der Waals surface area contributed by atoms with Gasteiger partial charge in [-0.05, 0) is 30.5 Å². The van der Waals surface area contributed by atoms with Gasteiger partial charge in [0, 0.05) is 38.8 Å². The molecule has 0 bridgehead atoms. The summed E-state index contributed by atoms with van der Waals surface area (Å²) in [5, 5.41) is 3.56. The smallest absolute Gasteiger partial charge is 0.193 e. The van der Waals surface area contributed by atoms with Crippen LogP contribution >= 0.6 is 24.0 Å². The first-order valence-corrected chi connectivity index (χ1v) is 7.95. The molecular formula is C17H26IN3O2. The van der Waals surface area contributed by atoms with Gasteiger partial charge in [0.1, 0.15) is 5.75 Å². The van der Waals surface area contributed by atoms with E-state index in [0.29, 0.717) is 0 Å². The number of likely N-dealkylation sites (N-methyl/N-ethyl adjacent to an activating group) is 1. The van der Waals surface area contributed by atoms with Crippen molar-refractivity contribution in [1.82, 2.24) is 10.2 Å². The molecule has 1 aromatic carbocycles. The van der Waals surface area contributed by atoms with E-state index in [0.717, 1.165) is 57.4 Å². The van der Waals surface area contributed by atoms with E-state index < -0.39 is 0 Å². The topological polar surface area (TPSA) is 46.1 Å². The van der Waals surface area contributed by atoms with E-state index in [1.165, 1.54) is 5.56 Å². The van der Waals surface area contributed by atoms with E-state index in [1.807, 2.05) is 12.1 Å². The number of guanidine groups is 1. The largest absolute Gasteiger partial charge is 0.497 e. The van der Waals surface area contributed by atoms with Gasteiger partial charge in [-0.15, -0.1) is 24.0 Å². The van der Waals surface area contributed by atoms with Crippen LogP contribution in [0.15, 0.2) is 29.3 Å². The minimum absolute atomic E-state index is 0. The molecule has 1 fully saturated rings. The van der Waals surface area contributed by atoms with Crippen molar-refractivity contribution in [3.63, 3.8) is 0 Å². The number of methoxy groups -OCH3 is 1. The van der Waals surface area contributed by atoms with E-state index in [9.17, 15) is 0 Å². The molecule has 0 radical (unpaired) electrons. The molecule has 2 heterocycles. The van der Waals surface area contributed by atoms with Gasteiger partial charge in [-0.1, -0.05) is 12.1 Å². The van der Waals surface area contributed by atoms with E-state index in [4.69, 9.17) is 9.47 Å². The van der Waals surface area contributed by atoms with E-state index >= 15 is 0 Å². The van der Waals surface area contributed by atoms with Crippen LogP contribution in [0.3, 0.4) is 0 Å². The van der Waals surface area contributed by atoms with Gasteiger partial charge in [0.2, 0.25) is 0 Å². The standard InChI is InChI=1S/C17H25N3O2.HI/c1-20-10-9-18-16(20)19-13-17(7-11-22-12-8-17)14-3-5-15(21-2)6-4-14;/h3-6H,7-13H2,1-2H3,(H,18,19);1H. The Bertz CT molecular complexity index is 527. The number of aliphatic imine (C=N–C) groups is 1. The van der Waals surface area contributed by atoms with Gasteiger partial charge in [-0.25, -0.2) is 0 Å². The van der Waals surface area contributed by atoms with Gasteiger partial charge in [0.25, 0.3) is 0 Å². The maximum atomic E-state index is 5.59. The Morgan fingerprint density at radius 2 is 1.96 bits per heavy atom. The lowest BCUT2D eigenvalue weighted by Crippen LogP contribution is -2.47. The van der Waals surface area contributed by atoms with E-state index in [1.54, 1.807) is 7.11 Å². The zero-order valence-corrected chi connectivity index (χ0v) is 16.2. The summed E-state index contributed by atoms with van der Waals surface area (Å²) >= 11 is 0. The highest BCUT2D eigenvalue weighted by Crippen LogP contribution is 2.35. The summed E-state index contributed by atoms with van der Waals surface area (Å²) in [6, 6.07) is 8.47. The molecule has 0 aliphatic carbocycles. The average Bonchev–Trinajstić information content (AvgIpc) is 2.99. The predicted octanol–water partition coefficient (Wildman–Crippen LogP) is 2.25. The second kappa shape index (κ2) is 8.19. The number of nitrogens with one attached hydrogen (secondary N) is 1. The molecule has 3 rings (SSSR count). The highest BCUT2D eigenvalue weighted by molar-refractivity contribution is 14.0. The molecule has 0 atom stereocenters. The van der Waals surface area contributed by atoms with Crippen LogP contribution in [0, 0.1) is 0 Å². The van der Waals surface area contributed by atoms with Crippen molar-refractivity contribution in [2.75, 3.05) is 47.0 Å². The normalized spacial score (nSPS) is 19.7. The summed E-state index contributed by atoms with van der Waals surface area (Å²) < 4.78 is 10.9. The molecule has 0 saturated carbocycles. The molecule has 23 heavy (non-hydrogen) atoms. The number of benzene rings is 1. The number of hydrogen-bond donors (Lipinski definition) is 1. The summed E-state index contributed by atoms with van der Waals surface area (Å²) in [4.78, 5) is 6.72. The lowest BCUT2D eigenvalue weighted by molar-refractivity contribution is 0.0512. The Morgan fingerprint density at radius 1 is 1.26 bits per heavy atom. The Kier molecular flexibility index (Phi) is 6.52. The SMILES string of the molecule is COc1ccc(C2(CNC3=NCCN3C)CCOCC2)cc1.I. The zero-order chi connectivity index (χ0) is 15.4. The molecule has 0 unspecified atom stereocenters. The van der Waals surface area contributed by atoms with Crippen molar-refractivity contribution in [2.24, 2.45) is 4.99 Å². The highest BCUT2D eigenvalue weighted by Gasteiger charge is 2.35. The maximum absolute atomic E-state index is 5.59. The first kappa shape index (κ1) is 18.3. The number of rotatable bonds is 4. The van der Waals surface area contributed by atoms with Gasteiger partial charge in [0.15, 0.2) is 5.96 Å². The average molecular weight is 431 g/mol. The fourth-order valence-electron chi connectivity index (χ4n) is 3.25. The third kappa shape index (κ3) is 4.09. The van der Waals surface area contributed by atoms with Crippen molar-refractivity contribution < 1.29 is 9.47 Å². The second-order valence-electron chi connectivity index (χ2n) is 6.10. The molecule has 0 spiro atoms. The van der Waals surface area contributed by atoms with Crippen LogP contribution in [-0.2, 0) is 10.2 Å². The Hall–Kier alpha value is -1.02. The molecule has 6 heteroatoms. The number of ether oxygens (including phenoxy) is 2. The van der Waals surface area contributed by atoms with Crippen molar-refractivity contribution in [3.8, 4) is 5.75 Å². The molecule has 1 aromatic rings. The summed E-state index contributed by atoms with van der Waals surface area (Å²) in [5.41, 5.74) is 1.46. The predicted molar refractivity (Wildman–Crippen MR) is 103 cm³/mol. The van der Waals surface area contributed by atoms with Crippen LogP contribution in [0.25, 0.3) is 0 Å². The van der Waals surface area contributed by atoms with Crippen molar-refractivity contribution in [3.05, 3.63) is 29.8 Å². The minimum atomic E-state index is 0. The van der Waals surface area contributed by atoms with E-state index in [2.05, 4.69) is 34.4 Å².